The summed E-state index contributed by atoms with van der Waals surface area (Å²) in [7, 11) is 2.96. The summed E-state index contributed by atoms with van der Waals surface area (Å²) in [6.45, 7) is 0. The lowest BCUT2D eigenvalue weighted by Gasteiger charge is -2.15. The highest BCUT2D eigenvalue weighted by atomic mass is 19.1. The number of rotatable bonds is 5. The van der Waals surface area contributed by atoms with E-state index in [1.807, 2.05) is 0 Å². The number of phenols is 1. The van der Waals surface area contributed by atoms with Crippen LogP contribution in [0.3, 0.4) is 0 Å². The highest BCUT2D eigenvalue weighted by molar-refractivity contribution is 5.93. The van der Waals surface area contributed by atoms with Gasteiger partial charge in [-0.2, -0.15) is 0 Å². The molecule has 8 heteroatoms. The van der Waals surface area contributed by atoms with Gasteiger partial charge in [0, 0.05) is 23.1 Å². The van der Waals surface area contributed by atoms with Crippen molar-refractivity contribution in [3.8, 4) is 28.4 Å². The first-order valence-corrected chi connectivity index (χ1v) is 8.92. The summed E-state index contributed by atoms with van der Waals surface area (Å²) in [5.41, 5.74) is 1.84. The summed E-state index contributed by atoms with van der Waals surface area (Å²) in [6.07, 6.45) is 1.37. The lowest BCUT2D eigenvalue weighted by Crippen LogP contribution is -1.99. The van der Waals surface area contributed by atoms with Crippen LogP contribution < -0.4 is 14.8 Å². The van der Waals surface area contributed by atoms with Crippen molar-refractivity contribution in [1.29, 1.82) is 0 Å². The van der Waals surface area contributed by atoms with Crippen LogP contribution in [0, 0.1) is 11.6 Å². The number of ether oxygens (including phenoxy) is 2. The third-order valence-electron chi connectivity index (χ3n) is 4.63. The molecule has 6 nitrogen and oxygen atoms in total. The number of halogens is 2. The molecule has 152 valence electrons. The van der Waals surface area contributed by atoms with Crippen LogP contribution in [-0.2, 0) is 0 Å². The number of aromatic hydroxyl groups is 1. The average molecular weight is 409 g/mol. The predicted octanol–water partition coefficient (Wildman–Crippen LogP) is 5.04. The second-order valence-electron chi connectivity index (χ2n) is 6.43. The van der Waals surface area contributed by atoms with Crippen molar-refractivity contribution in [2.45, 2.75) is 0 Å². The molecule has 0 bridgehead atoms. The average Bonchev–Trinajstić information content (AvgIpc) is 2.74. The number of hydrogen-bond donors (Lipinski definition) is 2. The molecule has 0 spiro atoms. The Labute approximate surface area is 170 Å². The number of nitrogens with zero attached hydrogens (tertiary/aromatic N) is 2. The van der Waals surface area contributed by atoms with Crippen molar-refractivity contribution >= 4 is 22.4 Å². The number of benzene rings is 3. The van der Waals surface area contributed by atoms with Crippen molar-refractivity contribution in [2.75, 3.05) is 19.5 Å². The molecule has 0 aliphatic heterocycles. The summed E-state index contributed by atoms with van der Waals surface area (Å²) in [5.74, 6) is -0.185. The van der Waals surface area contributed by atoms with Crippen LogP contribution in [0.2, 0.25) is 0 Å². The molecular formula is C22H17F2N3O3. The number of hydrogen-bond acceptors (Lipinski definition) is 6. The molecule has 0 radical (unpaired) electrons. The van der Waals surface area contributed by atoms with Gasteiger partial charge in [-0.1, -0.05) is 6.07 Å². The van der Waals surface area contributed by atoms with Crippen LogP contribution >= 0.6 is 0 Å². The Hall–Kier alpha value is -3.94. The van der Waals surface area contributed by atoms with E-state index in [1.165, 1.54) is 38.7 Å². The molecule has 3 aromatic carbocycles. The largest absolute Gasteiger partial charge is 0.504 e. The first kappa shape index (κ1) is 19.4. The van der Waals surface area contributed by atoms with E-state index in [0.29, 0.717) is 39.5 Å². The molecule has 2 N–H and O–H groups in total. The maximum atomic E-state index is 14.2. The maximum Gasteiger partial charge on any atom is 0.162 e. The number of aromatic nitrogens is 2. The van der Waals surface area contributed by atoms with Crippen LogP contribution in [0.5, 0.6) is 17.2 Å². The minimum absolute atomic E-state index is 0.0584. The molecule has 30 heavy (non-hydrogen) atoms. The van der Waals surface area contributed by atoms with Crippen LogP contribution in [0.1, 0.15) is 0 Å². The Kier molecular flexibility index (Phi) is 5.05. The van der Waals surface area contributed by atoms with Crippen LogP contribution in [0.25, 0.3) is 22.0 Å². The summed E-state index contributed by atoms with van der Waals surface area (Å²) < 4.78 is 38.0. The van der Waals surface area contributed by atoms with Crippen molar-refractivity contribution in [3.05, 3.63) is 66.5 Å². The number of anilines is 2. The van der Waals surface area contributed by atoms with Gasteiger partial charge in [0.1, 0.15) is 29.5 Å². The summed E-state index contributed by atoms with van der Waals surface area (Å²) >= 11 is 0. The molecule has 0 aliphatic carbocycles. The van der Waals surface area contributed by atoms with E-state index >= 15 is 0 Å². The summed E-state index contributed by atoms with van der Waals surface area (Å²) in [4.78, 5) is 8.45. The van der Waals surface area contributed by atoms with Gasteiger partial charge in [-0.3, -0.25) is 0 Å². The monoisotopic (exact) mass is 409 g/mol. The Morgan fingerprint density at radius 1 is 0.900 bits per heavy atom. The quantitative estimate of drug-likeness (QED) is 0.481. The highest BCUT2D eigenvalue weighted by Crippen LogP contribution is 2.37. The minimum atomic E-state index is -0.671. The molecule has 0 unspecified atom stereocenters. The fourth-order valence-corrected chi connectivity index (χ4v) is 3.16. The predicted molar refractivity (Wildman–Crippen MR) is 109 cm³/mol. The van der Waals surface area contributed by atoms with E-state index in [2.05, 4.69) is 15.3 Å². The lowest BCUT2D eigenvalue weighted by atomic mass is 10.0. The lowest BCUT2D eigenvalue weighted by molar-refractivity contribution is 0.374. The van der Waals surface area contributed by atoms with E-state index < -0.39 is 11.6 Å². The normalized spacial score (nSPS) is 10.8. The number of methoxy groups -OCH3 is 2. The maximum absolute atomic E-state index is 14.2. The Balaban J connectivity index is 1.80. The number of fused-ring (bicyclic) bond motifs is 1. The fraction of sp³-hybridized carbons (Fsp3) is 0.0909. The molecule has 0 atom stereocenters. The topological polar surface area (TPSA) is 76.5 Å². The second kappa shape index (κ2) is 7.82. The van der Waals surface area contributed by atoms with E-state index in [9.17, 15) is 13.9 Å². The molecule has 0 aliphatic rings. The third-order valence-corrected chi connectivity index (χ3v) is 4.63. The van der Waals surface area contributed by atoms with Gasteiger partial charge >= 0.3 is 0 Å². The zero-order valence-corrected chi connectivity index (χ0v) is 16.1. The smallest absolute Gasteiger partial charge is 0.162 e. The standard InChI is InChI=1S/C22H17F2N3O3/c1-29-20-6-3-12(14-5-4-13(23)8-16(14)24)7-18(20)27-22-15-9-19(28)21(30-2)10-17(15)25-11-26-22/h3-11,28H,1-2H3,(H,25,26,27). The van der Waals surface area contributed by atoms with Crippen molar-refractivity contribution in [3.63, 3.8) is 0 Å². The second-order valence-corrected chi connectivity index (χ2v) is 6.43. The van der Waals surface area contributed by atoms with Crippen molar-refractivity contribution in [1.82, 2.24) is 9.97 Å². The van der Waals surface area contributed by atoms with Gasteiger partial charge in [0.25, 0.3) is 0 Å². The van der Waals surface area contributed by atoms with E-state index in [-0.39, 0.29) is 11.3 Å². The first-order valence-electron chi connectivity index (χ1n) is 8.92. The molecule has 0 saturated heterocycles. The Bertz CT molecular complexity index is 1250. The van der Waals surface area contributed by atoms with Gasteiger partial charge < -0.3 is 19.9 Å². The third kappa shape index (κ3) is 3.55. The van der Waals surface area contributed by atoms with E-state index in [1.54, 1.807) is 24.3 Å². The first-order chi connectivity index (χ1) is 14.5. The molecule has 1 heterocycles. The van der Waals surface area contributed by atoms with Crippen LogP contribution in [-0.4, -0.2) is 29.3 Å². The Morgan fingerprint density at radius 2 is 1.70 bits per heavy atom. The molecule has 1 aromatic heterocycles. The number of phenolic OH excluding ortho intramolecular Hbond substituents is 1. The number of nitrogens with one attached hydrogen (secondary N) is 1. The van der Waals surface area contributed by atoms with E-state index in [0.717, 1.165) is 6.07 Å². The van der Waals surface area contributed by atoms with E-state index in [4.69, 9.17) is 9.47 Å². The van der Waals surface area contributed by atoms with Gasteiger partial charge in [-0.25, -0.2) is 18.7 Å². The molecule has 4 rings (SSSR count). The summed E-state index contributed by atoms with van der Waals surface area (Å²) in [6, 6.07) is 11.5. The summed E-state index contributed by atoms with van der Waals surface area (Å²) in [5, 5.41) is 13.8. The van der Waals surface area contributed by atoms with Gasteiger partial charge in [0.2, 0.25) is 0 Å². The zero-order chi connectivity index (χ0) is 21.3. The molecule has 0 amide bonds. The minimum Gasteiger partial charge on any atom is -0.504 e. The molecule has 4 aromatic rings. The van der Waals surface area contributed by atoms with Gasteiger partial charge in [-0.15, -0.1) is 0 Å². The van der Waals surface area contributed by atoms with Gasteiger partial charge in [0.05, 0.1) is 25.4 Å². The van der Waals surface area contributed by atoms with Crippen molar-refractivity contribution < 1.29 is 23.4 Å². The van der Waals surface area contributed by atoms with Gasteiger partial charge in [0.15, 0.2) is 11.5 Å². The molecule has 0 fully saturated rings. The SMILES string of the molecule is COc1cc2ncnc(Nc3cc(-c4ccc(F)cc4F)ccc3OC)c2cc1O. The fourth-order valence-electron chi connectivity index (χ4n) is 3.16. The molecule has 0 saturated carbocycles. The Morgan fingerprint density at radius 3 is 2.43 bits per heavy atom. The van der Waals surface area contributed by atoms with Crippen LogP contribution in [0.15, 0.2) is 54.9 Å². The van der Waals surface area contributed by atoms with Gasteiger partial charge in [-0.05, 0) is 35.9 Å². The van der Waals surface area contributed by atoms with Crippen molar-refractivity contribution in [2.24, 2.45) is 0 Å². The zero-order valence-electron chi connectivity index (χ0n) is 16.1. The van der Waals surface area contributed by atoms with Crippen LogP contribution in [0.4, 0.5) is 20.3 Å². The molecular weight excluding hydrogens is 392 g/mol. The highest BCUT2D eigenvalue weighted by Gasteiger charge is 2.14.